The van der Waals surface area contributed by atoms with Crippen LogP contribution in [0.15, 0.2) is 42.5 Å². The molecule has 0 radical (unpaired) electrons. The van der Waals surface area contributed by atoms with Crippen LogP contribution in [0.1, 0.15) is 74.7 Å². The van der Waals surface area contributed by atoms with Gasteiger partial charge in [-0.1, -0.05) is 39.2 Å². The van der Waals surface area contributed by atoms with E-state index in [1.54, 1.807) is 6.07 Å². The van der Waals surface area contributed by atoms with E-state index in [0.717, 1.165) is 49.8 Å². The Morgan fingerprint density at radius 2 is 1.74 bits per heavy atom. The van der Waals surface area contributed by atoms with Crippen LogP contribution in [0.4, 0.5) is 15.8 Å². The fourth-order valence-electron chi connectivity index (χ4n) is 4.89. The Balaban J connectivity index is 1.90. The molecule has 0 spiro atoms. The molecule has 34 heavy (non-hydrogen) atoms. The van der Waals surface area contributed by atoms with Gasteiger partial charge in [0.05, 0.1) is 0 Å². The number of halogens is 1. The third-order valence-electron chi connectivity index (χ3n) is 6.88. The maximum absolute atomic E-state index is 13.6. The number of benzene rings is 2. The number of carbonyl (C=O) groups is 2. The second kappa shape index (κ2) is 12.0. The number of anilines is 2. The molecule has 0 unspecified atom stereocenters. The highest BCUT2D eigenvalue weighted by Gasteiger charge is 2.30. The number of amides is 2. The second-order valence-corrected chi connectivity index (χ2v) is 9.47. The standard InChI is InChI=1S/C28H38FN3O2/c1-5-20(6-2)28(34)32(25-13-8-7-9-14-25)19-22-18-24(15-16-26(22)31(3)4)30-27(33)21-11-10-12-23(29)17-21/h10-12,15-18,20,25H,5-9,13-14,19H2,1-4H3,(H,30,33). The van der Waals surface area contributed by atoms with Crippen LogP contribution in [0, 0.1) is 11.7 Å². The van der Waals surface area contributed by atoms with E-state index >= 15 is 0 Å². The summed E-state index contributed by atoms with van der Waals surface area (Å²) in [4.78, 5) is 30.4. The van der Waals surface area contributed by atoms with Crippen molar-refractivity contribution in [3.63, 3.8) is 0 Å². The molecule has 2 aromatic carbocycles. The molecular weight excluding hydrogens is 429 g/mol. The summed E-state index contributed by atoms with van der Waals surface area (Å²) in [5.74, 6) is -0.545. The molecule has 0 atom stereocenters. The number of nitrogens with zero attached hydrogens (tertiary/aromatic N) is 2. The number of nitrogens with one attached hydrogen (secondary N) is 1. The lowest BCUT2D eigenvalue weighted by Gasteiger charge is -2.37. The monoisotopic (exact) mass is 467 g/mol. The van der Waals surface area contributed by atoms with E-state index in [4.69, 9.17) is 0 Å². The fraction of sp³-hybridized carbons (Fsp3) is 0.500. The first kappa shape index (κ1) is 25.7. The Morgan fingerprint density at radius 1 is 1.03 bits per heavy atom. The van der Waals surface area contributed by atoms with E-state index < -0.39 is 5.82 Å². The van der Waals surface area contributed by atoms with Crippen LogP contribution < -0.4 is 10.2 Å². The lowest BCUT2D eigenvalue weighted by atomic mass is 9.91. The minimum absolute atomic E-state index is 0.0283. The molecule has 0 aliphatic heterocycles. The molecule has 3 rings (SSSR count). The number of hydrogen-bond acceptors (Lipinski definition) is 3. The van der Waals surface area contributed by atoms with E-state index in [-0.39, 0.29) is 29.3 Å². The van der Waals surface area contributed by atoms with Crippen molar-refractivity contribution in [3.8, 4) is 0 Å². The smallest absolute Gasteiger partial charge is 0.255 e. The first-order chi connectivity index (χ1) is 16.3. The zero-order valence-corrected chi connectivity index (χ0v) is 20.9. The van der Waals surface area contributed by atoms with Crippen molar-refractivity contribution in [2.24, 2.45) is 5.92 Å². The van der Waals surface area contributed by atoms with Gasteiger partial charge in [-0.15, -0.1) is 0 Å². The Hall–Kier alpha value is -2.89. The van der Waals surface area contributed by atoms with E-state index in [1.165, 1.54) is 24.6 Å². The zero-order chi connectivity index (χ0) is 24.7. The Labute approximate surface area is 203 Å². The largest absolute Gasteiger partial charge is 0.377 e. The van der Waals surface area contributed by atoms with Crippen molar-refractivity contribution in [3.05, 3.63) is 59.4 Å². The van der Waals surface area contributed by atoms with Crippen molar-refractivity contribution in [2.45, 2.75) is 71.4 Å². The Morgan fingerprint density at radius 3 is 2.35 bits per heavy atom. The van der Waals surface area contributed by atoms with Crippen molar-refractivity contribution >= 4 is 23.2 Å². The van der Waals surface area contributed by atoms with Gasteiger partial charge in [-0.05, 0) is 67.6 Å². The average molecular weight is 468 g/mol. The maximum atomic E-state index is 13.6. The highest BCUT2D eigenvalue weighted by Crippen LogP contribution is 2.31. The molecule has 0 bridgehead atoms. The summed E-state index contributed by atoms with van der Waals surface area (Å²) < 4.78 is 13.6. The van der Waals surface area contributed by atoms with Crippen molar-refractivity contribution in [1.29, 1.82) is 0 Å². The highest BCUT2D eigenvalue weighted by molar-refractivity contribution is 6.04. The lowest BCUT2D eigenvalue weighted by Crippen LogP contribution is -2.44. The molecule has 5 nitrogen and oxygen atoms in total. The van der Waals surface area contributed by atoms with E-state index in [2.05, 4.69) is 24.1 Å². The van der Waals surface area contributed by atoms with Crippen molar-refractivity contribution in [2.75, 3.05) is 24.3 Å². The molecule has 6 heteroatoms. The van der Waals surface area contributed by atoms with Gasteiger partial charge >= 0.3 is 0 Å². The van der Waals surface area contributed by atoms with Gasteiger partial charge < -0.3 is 15.1 Å². The van der Waals surface area contributed by atoms with Crippen LogP contribution in [-0.2, 0) is 11.3 Å². The van der Waals surface area contributed by atoms with E-state index in [9.17, 15) is 14.0 Å². The quantitative estimate of drug-likeness (QED) is 0.475. The predicted octanol–water partition coefficient (Wildman–Crippen LogP) is 6.24. The molecule has 2 aromatic rings. The van der Waals surface area contributed by atoms with Gasteiger partial charge in [-0.2, -0.15) is 0 Å². The molecule has 2 amide bonds. The fourth-order valence-corrected chi connectivity index (χ4v) is 4.89. The van der Waals surface area contributed by atoms with Gasteiger partial charge in [0.1, 0.15) is 5.82 Å². The van der Waals surface area contributed by atoms with Crippen LogP contribution in [0.25, 0.3) is 0 Å². The minimum atomic E-state index is -0.445. The second-order valence-electron chi connectivity index (χ2n) is 9.47. The van der Waals surface area contributed by atoms with Crippen LogP contribution in [0.2, 0.25) is 0 Å². The third kappa shape index (κ3) is 6.37. The van der Waals surface area contributed by atoms with E-state index in [1.807, 2.05) is 37.2 Å². The number of hydrogen-bond donors (Lipinski definition) is 1. The molecule has 1 aliphatic carbocycles. The van der Waals surface area contributed by atoms with E-state index in [0.29, 0.717) is 12.2 Å². The first-order valence-electron chi connectivity index (χ1n) is 12.5. The van der Waals surface area contributed by atoms with Gasteiger partial charge in [0.15, 0.2) is 0 Å². The van der Waals surface area contributed by atoms with Gasteiger partial charge in [0.25, 0.3) is 5.91 Å². The Bertz CT molecular complexity index is 981. The third-order valence-corrected chi connectivity index (χ3v) is 6.88. The molecule has 184 valence electrons. The molecule has 1 fully saturated rings. The number of carbonyl (C=O) groups excluding carboxylic acids is 2. The minimum Gasteiger partial charge on any atom is -0.377 e. The SMILES string of the molecule is CCC(CC)C(=O)N(Cc1cc(NC(=O)c2cccc(F)c2)ccc1N(C)C)C1CCCCC1. The van der Waals surface area contributed by atoms with Crippen molar-refractivity contribution in [1.82, 2.24) is 4.90 Å². The molecule has 1 N–H and O–H groups in total. The zero-order valence-electron chi connectivity index (χ0n) is 20.9. The average Bonchev–Trinajstić information content (AvgIpc) is 2.83. The van der Waals surface area contributed by atoms with Crippen LogP contribution in [-0.4, -0.2) is 36.9 Å². The summed E-state index contributed by atoms with van der Waals surface area (Å²) in [5, 5.41) is 2.89. The maximum Gasteiger partial charge on any atom is 0.255 e. The predicted molar refractivity (Wildman–Crippen MR) is 137 cm³/mol. The topological polar surface area (TPSA) is 52.7 Å². The highest BCUT2D eigenvalue weighted by atomic mass is 19.1. The van der Waals surface area contributed by atoms with Gasteiger partial charge in [-0.25, -0.2) is 4.39 Å². The summed E-state index contributed by atoms with van der Waals surface area (Å²) in [6.07, 6.45) is 7.29. The van der Waals surface area contributed by atoms with Crippen LogP contribution in [0.3, 0.4) is 0 Å². The van der Waals surface area contributed by atoms with Gasteiger partial charge in [-0.3, -0.25) is 9.59 Å². The van der Waals surface area contributed by atoms with Crippen LogP contribution >= 0.6 is 0 Å². The summed E-state index contributed by atoms with van der Waals surface area (Å²) >= 11 is 0. The summed E-state index contributed by atoms with van der Waals surface area (Å²) in [7, 11) is 3.97. The van der Waals surface area contributed by atoms with Crippen LogP contribution in [0.5, 0.6) is 0 Å². The first-order valence-corrected chi connectivity index (χ1v) is 12.5. The molecule has 1 aliphatic rings. The summed E-state index contributed by atoms with van der Waals surface area (Å²) in [6, 6.07) is 11.7. The molecule has 1 saturated carbocycles. The van der Waals surface area contributed by atoms with Gasteiger partial charge in [0.2, 0.25) is 5.91 Å². The molecular formula is C28H38FN3O2. The lowest BCUT2D eigenvalue weighted by molar-refractivity contribution is -0.139. The summed E-state index contributed by atoms with van der Waals surface area (Å²) in [6.45, 7) is 4.68. The van der Waals surface area contributed by atoms with Gasteiger partial charge in [0, 0.05) is 49.5 Å². The molecule has 0 heterocycles. The molecule has 0 saturated heterocycles. The number of rotatable bonds is 9. The summed E-state index contributed by atoms with van der Waals surface area (Å²) in [5.41, 5.74) is 2.91. The normalized spacial score (nSPS) is 14.2. The molecule has 0 aromatic heterocycles. The van der Waals surface area contributed by atoms with Crippen molar-refractivity contribution < 1.29 is 14.0 Å². The Kier molecular flexibility index (Phi) is 9.08.